The highest BCUT2D eigenvalue weighted by Gasteiger charge is 2.22. The lowest BCUT2D eigenvalue weighted by atomic mass is 9.87. The van der Waals surface area contributed by atoms with Crippen molar-refractivity contribution in [1.82, 2.24) is 0 Å². The van der Waals surface area contributed by atoms with Crippen molar-refractivity contribution in [3.8, 4) is 5.75 Å². The van der Waals surface area contributed by atoms with Crippen molar-refractivity contribution in [1.29, 1.82) is 0 Å². The third-order valence-corrected chi connectivity index (χ3v) is 3.35. The van der Waals surface area contributed by atoms with Gasteiger partial charge in [-0.25, -0.2) is 8.78 Å². The molecule has 0 spiro atoms. The maximum atomic E-state index is 14.2. The van der Waals surface area contributed by atoms with E-state index in [1.54, 1.807) is 24.3 Å². The Hall–Kier alpha value is -1.94. The molecule has 0 radical (unpaired) electrons. The molecule has 2 N–H and O–H groups in total. The predicted molar refractivity (Wildman–Crippen MR) is 79.4 cm³/mol. The van der Waals surface area contributed by atoms with Crippen LogP contribution < -0.4 is 10.5 Å². The van der Waals surface area contributed by atoms with E-state index in [0.29, 0.717) is 18.4 Å². The van der Waals surface area contributed by atoms with Crippen LogP contribution in [0, 0.1) is 11.6 Å². The Balaban J connectivity index is 2.17. The number of hydrogen-bond acceptors (Lipinski definition) is 2. The Labute approximate surface area is 123 Å². The fraction of sp³-hybridized carbons (Fsp3) is 0.294. The van der Waals surface area contributed by atoms with Gasteiger partial charge >= 0.3 is 0 Å². The molecule has 0 saturated heterocycles. The minimum absolute atomic E-state index is 0.203. The first kappa shape index (κ1) is 15.4. The zero-order valence-corrected chi connectivity index (χ0v) is 12.2. The molecule has 2 aromatic rings. The summed E-state index contributed by atoms with van der Waals surface area (Å²) in [5.74, 6) is -0.485. The van der Waals surface area contributed by atoms with Crippen molar-refractivity contribution in [2.75, 3.05) is 7.11 Å². The lowest BCUT2D eigenvalue weighted by Gasteiger charge is -2.25. The number of benzene rings is 2. The lowest BCUT2D eigenvalue weighted by molar-refractivity contribution is 0.379. The van der Waals surface area contributed by atoms with E-state index in [2.05, 4.69) is 0 Å². The van der Waals surface area contributed by atoms with Gasteiger partial charge in [0, 0.05) is 5.54 Å². The first-order valence-electron chi connectivity index (χ1n) is 6.76. The number of nitrogens with two attached hydrogens (primary N) is 1. The molecule has 0 aliphatic carbocycles. The van der Waals surface area contributed by atoms with E-state index in [4.69, 9.17) is 10.5 Å². The average molecular weight is 291 g/mol. The Morgan fingerprint density at radius 1 is 1.10 bits per heavy atom. The zero-order valence-electron chi connectivity index (χ0n) is 12.2. The molecule has 0 amide bonds. The highest BCUT2D eigenvalue weighted by Crippen LogP contribution is 2.24. The highest BCUT2D eigenvalue weighted by atomic mass is 19.1. The first-order valence-corrected chi connectivity index (χ1v) is 6.76. The Morgan fingerprint density at radius 3 is 2.48 bits per heavy atom. The summed E-state index contributed by atoms with van der Waals surface area (Å²) >= 11 is 0. The lowest BCUT2D eigenvalue weighted by Crippen LogP contribution is -2.41. The van der Waals surface area contributed by atoms with Crippen molar-refractivity contribution < 1.29 is 13.5 Å². The van der Waals surface area contributed by atoms with Gasteiger partial charge in [-0.15, -0.1) is 0 Å². The smallest absolute Gasteiger partial charge is 0.168 e. The van der Waals surface area contributed by atoms with Gasteiger partial charge in [-0.3, -0.25) is 0 Å². The molecule has 0 aliphatic rings. The molecule has 2 aromatic carbocycles. The molecule has 4 heteroatoms. The number of halogens is 2. The third kappa shape index (κ3) is 4.02. The molecule has 0 bridgehead atoms. The second kappa shape index (κ2) is 6.22. The van der Waals surface area contributed by atoms with Crippen LogP contribution in [0.3, 0.4) is 0 Å². The van der Waals surface area contributed by atoms with Crippen LogP contribution in [-0.2, 0) is 12.8 Å². The maximum Gasteiger partial charge on any atom is 0.168 e. The van der Waals surface area contributed by atoms with E-state index < -0.39 is 11.4 Å². The SMILES string of the molecule is COc1cccc(CC(C)(N)Cc2cccc(F)c2)c1F. The molecule has 21 heavy (non-hydrogen) atoms. The summed E-state index contributed by atoms with van der Waals surface area (Å²) in [6.07, 6.45) is 0.800. The van der Waals surface area contributed by atoms with Crippen LogP contribution >= 0.6 is 0 Å². The zero-order chi connectivity index (χ0) is 15.5. The standard InChI is InChI=1S/C17H19F2NO/c1-17(20,10-12-5-3-7-14(18)9-12)11-13-6-4-8-15(21-2)16(13)19/h3-9H,10-11,20H2,1-2H3. The molecule has 0 aliphatic heterocycles. The van der Waals surface area contributed by atoms with Gasteiger partial charge in [-0.2, -0.15) is 0 Å². The van der Waals surface area contributed by atoms with Gasteiger partial charge in [0.1, 0.15) is 5.82 Å². The summed E-state index contributed by atoms with van der Waals surface area (Å²) in [5, 5.41) is 0. The highest BCUT2D eigenvalue weighted by molar-refractivity contribution is 5.32. The molecule has 0 fully saturated rings. The van der Waals surface area contributed by atoms with E-state index in [1.807, 2.05) is 13.0 Å². The monoisotopic (exact) mass is 291 g/mol. The van der Waals surface area contributed by atoms with Crippen LogP contribution in [0.5, 0.6) is 5.75 Å². The fourth-order valence-corrected chi connectivity index (χ4v) is 2.46. The number of rotatable bonds is 5. The van der Waals surface area contributed by atoms with Crippen LogP contribution in [0.1, 0.15) is 18.1 Å². The molecule has 112 valence electrons. The van der Waals surface area contributed by atoms with Gasteiger partial charge in [0.2, 0.25) is 0 Å². The summed E-state index contributed by atoms with van der Waals surface area (Å²) in [7, 11) is 1.43. The molecule has 2 rings (SSSR count). The van der Waals surface area contributed by atoms with Crippen LogP contribution in [-0.4, -0.2) is 12.6 Å². The third-order valence-electron chi connectivity index (χ3n) is 3.35. The van der Waals surface area contributed by atoms with Gasteiger partial charge in [0.25, 0.3) is 0 Å². The largest absolute Gasteiger partial charge is 0.494 e. The fourth-order valence-electron chi connectivity index (χ4n) is 2.46. The maximum absolute atomic E-state index is 14.2. The van der Waals surface area contributed by atoms with E-state index in [0.717, 1.165) is 5.56 Å². The Bertz CT molecular complexity index is 626. The molecule has 0 heterocycles. The molecular weight excluding hydrogens is 272 g/mol. The minimum atomic E-state index is -0.680. The second-order valence-electron chi connectivity index (χ2n) is 5.57. The average Bonchev–Trinajstić information content (AvgIpc) is 2.40. The van der Waals surface area contributed by atoms with Crippen molar-refractivity contribution in [3.05, 3.63) is 65.2 Å². The van der Waals surface area contributed by atoms with Crippen molar-refractivity contribution in [2.45, 2.75) is 25.3 Å². The number of hydrogen-bond donors (Lipinski definition) is 1. The van der Waals surface area contributed by atoms with Gasteiger partial charge in [0.05, 0.1) is 7.11 Å². The topological polar surface area (TPSA) is 35.2 Å². The van der Waals surface area contributed by atoms with Crippen molar-refractivity contribution in [2.24, 2.45) is 5.73 Å². The summed E-state index contributed by atoms with van der Waals surface area (Å²) in [5.41, 5.74) is 6.87. The van der Waals surface area contributed by atoms with Gasteiger partial charge < -0.3 is 10.5 Å². The van der Waals surface area contributed by atoms with E-state index >= 15 is 0 Å². The summed E-state index contributed by atoms with van der Waals surface area (Å²) < 4.78 is 32.3. The molecular formula is C17H19F2NO. The van der Waals surface area contributed by atoms with Crippen LogP contribution in [0.25, 0.3) is 0 Å². The molecule has 1 unspecified atom stereocenters. The molecule has 0 aromatic heterocycles. The molecule has 0 saturated carbocycles. The minimum Gasteiger partial charge on any atom is -0.494 e. The van der Waals surface area contributed by atoms with E-state index in [9.17, 15) is 8.78 Å². The summed E-state index contributed by atoms with van der Waals surface area (Å²) in [4.78, 5) is 0. The Kier molecular flexibility index (Phi) is 4.58. The van der Waals surface area contributed by atoms with Gasteiger partial charge in [-0.05, 0) is 49.1 Å². The normalized spacial score (nSPS) is 13.8. The van der Waals surface area contributed by atoms with Gasteiger partial charge in [0.15, 0.2) is 11.6 Å². The van der Waals surface area contributed by atoms with E-state index in [-0.39, 0.29) is 11.6 Å². The Morgan fingerprint density at radius 2 is 1.81 bits per heavy atom. The predicted octanol–water partition coefficient (Wildman–Crippen LogP) is 3.48. The number of methoxy groups -OCH3 is 1. The van der Waals surface area contributed by atoms with E-state index in [1.165, 1.54) is 19.2 Å². The van der Waals surface area contributed by atoms with Crippen LogP contribution in [0.2, 0.25) is 0 Å². The summed E-state index contributed by atoms with van der Waals surface area (Å²) in [6, 6.07) is 11.3. The summed E-state index contributed by atoms with van der Waals surface area (Å²) in [6.45, 7) is 1.83. The van der Waals surface area contributed by atoms with Crippen molar-refractivity contribution in [3.63, 3.8) is 0 Å². The molecule has 2 nitrogen and oxygen atoms in total. The van der Waals surface area contributed by atoms with Crippen molar-refractivity contribution >= 4 is 0 Å². The first-order chi connectivity index (χ1) is 9.91. The second-order valence-corrected chi connectivity index (χ2v) is 5.57. The number of ether oxygens (including phenoxy) is 1. The van der Waals surface area contributed by atoms with Crippen LogP contribution in [0.4, 0.5) is 8.78 Å². The quantitative estimate of drug-likeness (QED) is 0.915. The van der Waals surface area contributed by atoms with Crippen LogP contribution in [0.15, 0.2) is 42.5 Å². The molecule has 1 atom stereocenters. The van der Waals surface area contributed by atoms with Gasteiger partial charge in [-0.1, -0.05) is 24.3 Å².